The van der Waals surface area contributed by atoms with E-state index in [9.17, 15) is 9.59 Å². The van der Waals surface area contributed by atoms with Crippen LogP contribution in [0.5, 0.6) is 0 Å². The largest absolute Gasteiger partial charge is 0.478 e. The van der Waals surface area contributed by atoms with Gasteiger partial charge < -0.3 is 10.4 Å². The standard InChI is InChI=1S/C15H19NO3/c1-3-4-11(2)15(19)16-13-8-5-12(6-9-13)7-10-14(17)18/h5-11H,3-4H2,1-2H3,(H,16,19)(H,17,18)/b10-7+. The molecule has 19 heavy (non-hydrogen) atoms. The Morgan fingerprint density at radius 3 is 2.47 bits per heavy atom. The summed E-state index contributed by atoms with van der Waals surface area (Å²) in [6.45, 7) is 3.95. The number of carboxylic acids is 1. The molecule has 0 saturated carbocycles. The third kappa shape index (κ3) is 5.38. The van der Waals surface area contributed by atoms with Gasteiger partial charge >= 0.3 is 5.97 Å². The predicted molar refractivity (Wildman–Crippen MR) is 75.8 cm³/mol. The fourth-order valence-corrected chi connectivity index (χ4v) is 1.67. The highest BCUT2D eigenvalue weighted by Gasteiger charge is 2.11. The van der Waals surface area contributed by atoms with Gasteiger partial charge in [-0.15, -0.1) is 0 Å². The molecule has 0 aliphatic heterocycles. The number of amides is 1. The highest BCUT2D eigenvalue weighted by atomic mass is 16.4. The quantitative estimate of drug-likeness (QED) is 0.773. The number of hydrogen-bond acceptors (Lipinski definition) is 2. The maximum Gasteiger partial charge on any atom is 0.328 e. The van der Waals surface area contributed by atoms with Crippen LogP contribution in [0.15, 0.2) is 30.3 Å². The summed E-state index contributed by atoms with van der Waals surface area (Å²) in [5.74, 6) is -0.974. The van der Waals surface area contributed by atoms with Crippen molar-refractivity contribution in [1.82, 2.24) is 0 Å². The molecule has 102 valence electrons. The molecular formula is C15H19NO3. The molecule has 0 fully saturated rings. The predicted octanol–water partition coefficient (Wildman–Crippen LogP) is 3.16. The van der Waals surface area contributed by atoms with E-state index in [0.29, 0.717) is 0 Å². The van der Waals surface area contributed by atoms with Gasteiger partial charge in [0.15, 0.2) is 0 Å². The fourth-order valence-electron chi connectivity index (χ4n) is 1.67. The molecule has 0 aliphatic carbocycles. The van der Waals surface area contributed by atoms with Crippen molar-refractivity contribution in [2.75, 3.05) is 5.32 Å². The van der Waals surface area contributed by atoms with Crippen LogP contribution >= 0.6 is 0 Å². The molecule has 1 aromatic carbocycles. The first kappa shape index (κ1) is 15.0. The Bertz CT molecular complexity index is 463. The first-order chi connectivity index (χ1) is 9.02. The molecular weight excluding hydrogens is 242 g/mol. The van der Waals surface area contributed by atoms with Gasteiger partial charge in [0.2, 0.25) is 5.91 Å². The van der Waals surface area contributed by atoms with Crippen molar-refractivity contribution in [3.8, 4) is 0 Å². The molecule has 1 rings (SSSR count). The number of hydrogen-bond donors (Lipinski definition) is 2. The molecule has 0 saturated heterocycles. The van der Waals surface area contributed by atoms with Crippen molar-refractivity contribution in [2.24, 2.45) is 5.92 Å². The molecule has 0 spiro atoms. The summed E-state index contributed by atoms with van der Waals surface area (Å²) in [5, 5.41) is 11.4. The molecule has 0 aliphatic rings. The normalized spacial score (nSPS) is 12.3. The van der Waals surface area contributed by atoms with Crippen LogP contribution in [0.3, 0.4) is 0 Å². The van der Waals surface area contributed by atoms with Crippen molar-refractivity contribution in [1.29, 1.82) is 0 Å². The molecule has 0 aromatic heterocycles. The van der Waals surface area contributed by atoms with E-state index in [-0.39, 0.29) is 11.8 Å². The number of nitrogens with one attached hydrogen (secondary N) is 1. The number of anilines is 1. The highest BCUT2D eigenvalue weighted by molar-refractivity contribution is 5.92. The summed E-state index contributed by atoms with van der Waals surface area (Å²) in [7, 11) is 0. The second-order valence-electron chi connectivity index (χ2n) is 4.47. The van der Waals surface area contributed by atoms with Crippen LogP contribution in [0.4, 0.5) is 5.69 Å². The van der Waals surface area contributed by atoms with Gasteiger partial charge in [-0.1, -0.05) is 32.4 Å². The second kappa shape index (κ2) is 7.36. The first-order valence-corrected chi connectivity index (χ1v) is 6.35. The monoisotopic (exact) mass is 261 g/mol. The van der Waals surface area contributed by atoms with Gasteiger partial charge in [0, 0.05) is 17.7 Å². The second-order valence-corrected chi connectivity index (χ2v) is 4.47. The van der Waals surface area contributed by atoms with Crippen LogP contribution in [0.1, 0.15) is 32.3 Å². The molecule has 1 unspecified atom stereocenters. The average Bonchev–Trinajstić information content (AvgIpc) is 2.38. The summed E-state index contributed by atoms with van der Waals surface area (Å²) < 4.78 is 0. The van der Waals surface area contributed by atoms with Gasteiger partial charge in [-0.3, -0.25) is 4.79 Å². The molecule has 1 aromatic rings. The molecule has 4 heteroatoms. The van der Waals surface area contributed by atoms with Crippen LogP contribution in [-0.2, 0) is 9.59 Å². The van der Waals surface area contributed by atoms with Crippen LogP contribution in [0.2, 0.25) is 0 Å². The average molecular weight is 261 g/mol. The van der Waals surface area contributed by atoms with E-state index < -0.39 is 5.97 Å². The van der Waals surface area contributed by atoms with E-state index >= 15 is 0 Å². The van der Waals surface area contributed by atoms with Crippen molar-refractivity contribution < 1.29 is 14.7 Å². The Labute approximate surface area is 113 Å². The SMILES string of the molecule is CCCC(C)C(=O)Nc1ccc(/C=C/C(=O)O)cc1. The minimum Gasteiger partial charge on any atom is -0.478 e. The van der Waals surface area contributed by atoms with Gasteiger partial charge in [0.25, 0.3) is 0 Å². The first-order valence-electron chi connectivity index (χ1n) is 6.35. The number of benzene rings is 1. The molecule has 0 radical (unpaired) electrons. The minimum absolute atomic E-state index is 0.00316. The number of carboxylic acid groups (broad SMARTS) is 1. The number of rotatable bonds is 6. The molecule has 0 bridgehead atoms. The molecule has 1 atom stereocenters. The lowest BCUT2D eigenvalue weighted by molar-refractivity contribution is -0.131. The van der Waals surface area contributed by atoms with Crippen molar-refractivity contribution >= 4 is 23.6 Å². The number of aliphatic carboxylic acids is 1. The zero-order valence-electron chi connectivity index (χ0n) is 11.2. The van der Waals surface area contributed by atoms with Crippen LogP contribution < -0.4 is 5.32 Å². The lowest BCUT2D eigenvalue weighted by Crippen LogP contribution is -2.20. The Balaban J connectivity index is 2.62. The van der Waals surface area contributed by atoms with Gasteiger partial charge in [-0.05, 0) is 30.2 Å². The zero-order chi connectivity index (χ0) is 14.3. The van der Waals surface area contributed by atoms with Crippen LogP contribution in [-0.4, -0.2) is 17.0 Å². The third-order valence-electron chi connectivity index (χ3n) is 2.77. The van der Waals surface area contributed by atoms with Gasteiger partial charge in [0.1, 0.15) is 0 Å². The maximum atomic E-state index is 11.8. The summed E-state index contributed by atoms with van der Waals surface area (Å²) in [4.78, 5) is 22.2. The lowest BCUT2D eigenvalue weighted by atomic mass is 10.1. The summed E-state index contributed by atoms with van der Waals surface area (Å²) in [6.07, 6.45) is 4.43. The number of carbonyl (C=O) groups excluding carboxylic acids is 1. The summed E-state index contributed by atoms with van der Waals surface area (Å²) in [5.41, 5.74) is 1.50. The summed E-state index contributed by atoms with van der Waals surface area (Å²) >= 11 is 0. The fraction of sp³-hybridized carbons (Fsp3) is 0.333. The molecule has 4 nitrogen and oxygen atoms in total. The third-order valence-corrected chi connectivity index (χ3v) is 2.77. The van der Waals surface area contributed by atoms with E-state index in [1.54, 1.807) is 24.3 Å². The maximum absolute atomic E-state index is 11.8. The van der Waals surface area contributed by atoms with E-state index in [1.165, 1.54) is 6.08 Å². The molecule has 0 heterocycles. The Morgan fingerprint density at radius 1 is 1.32 bits per heavy atom. The Morgan fingerprint density at radius 2 is 1.95 bits per heavy atom. The zero-order valence-corrected chi connectivity index (χ0v) is 11.2. The topological polar surface area (TPSA) is 66.4 Å². The Hall–Kier alpha value is -2.10. The van der Waals surface area contributed by atoms with E-state index in [2.05, 4.69) is 5.32 Å². The molecule has 1 amide bonds. The highest BCUT2D eigenvalue weighted by Crippen LogP contribution is 2.13. The minimum atomic E-state index is -0.981. The smallest absolute Gasteiger partial charge is 0.328 e. The van der Waals surface area contributed by atoms with Crippen LogP contribution in [0, 0.1) is 5.92 Å². The molecule has 2 N–H and O–H groups in total. The number of carbonyl (C=O) groups is 2. The summed E-state index contributed by atoms with van der Waals surface area (Å²) in [6, 6.07) is 7.05. The van der Waals surface area contributed by atoms with Gasteiger partial charge in [-0.25, -0.2) is 4.79 Å². The Kier molecular flexibility index (Phi) is 5.79. The van der Waals surface area contributed by atoms with Crippen LogP contribution in [0.25, 0.3) is 6.08 Å². The van der Waals surface area contributed by atoms with Crippen molar-refractivity contribution in [3.05, 3.63) is 35.9 Å². The van der Waals surface area contributed by atoms with E-state index in [4.69, 9.17) is 5.11 Å². The van der Waals surface area contributed by atoms with E-state index in [1.807, 2.05) is 13.8 Å². The van der Waals surface area contributed by atoms with E-state index in [0.717, 1.165) is 30.2 Å². The van der Waals surface area contributed by atoms with Gasteiger partial charge in [-0.2, -0.15) is 0 Å². The lowest BCUT2D eigenvalue weighted by Gasteiger charge is -2.11. The van der Waals surface area contributed by atoms with Crippen molar-refractivity contribution in [3.63, 3.8) is 0 Å². The van der Waals surface area contributed by atoms with Gasteiger partial charge in [0.05, 0.1) is 0 Å². The van der Waals surface area contributed by atoms with Crippen molar-refractivity contribution in [2.45, 2.75) is 26.7 Å².